The molecule has 4 rings (SSSR count). The van der Waals surface area contributed by atoms with Crippen molar-refractivity contribution in [1.29, 1.82) is 0 Å². The molecular formula is C30H37N3O5S. The quantitative estimate of drug-likeness (QED) is 0.416. The number of amides is 1. The zero-order valence-electron chi connectivity index (χ0n) is 22.9. The standard InChI is InChI=1S/C30H37N3O5S/c1-21-17-33(22(2)20-34)30(35)27-16-26(31-39(4,36)37)14-15-28(27)38-29(21)19-32(3)18-23-10-12-25(13-11-23)24-8-6-5-7-9-24/h5-16,21-22,29,31,34H,17-20H2,1-4H3/t21-,22+,29+/m0/s1. The predicted octanol–water partition coefficient (Wildman–Crippen LogP) is 4.08. The monoisotopic (exact) mass is 551 g/mol. The van der Waals surface area contributed by atoms with Crippen molar-refractivity contribution in [1.82, 2.24) is 9.80 Å². The van der Waals surface area contributed by atoms with E-state index in [2.05, 4.69) is 46.0 Å². The van der Waals surface area contributed by atoms with Crippen LogP contribution < -0.4 is 9.46 Å². The number of carbonyl (C=O) groups excluding carboxylic acids is 1. The fraction of sp³-hybridized carbons (Fsp3) is 0.367. The summed E-state index contributed by atoms with van der Waals surface area (Å²) in [6.07, 6.45) is 0.817. The molecule has 0 spiro atoms. The number of sulfonamides is 1. The lowest BCUT2D eigenvalue weighted by atomic mass is 9.99. The third-order valence-corrected chi connectivity index (χ3v) is 7.58. The second-order valence-electron chi connectivity index (χ2n) is 10.5. The predicted molar refractivity (Wildman–Crippen MR) is 154 cm³/mol. The van der Waals surface area contributed by atoms with E-state index < -0.39 is 16.1 Å². The Hall–Kier alpha value is -3.40. The van der Waals surface area contributed by atoms with Crippen molar-refractivity contribution in [2.75, 3.05) is 37.7 Å². The Morgan fingerprint density at radius 1 is 1.08 bits per heavy atom. The normalized spacial score (nSPS) is 18.6. The molecule has 2 N–H and O–H groups in total. The summed E-state index contributed by atoms with van der Waals surface area (Å²) < 4.78 is 32.4. The molecule has 208 valence electrons. The molecule has 3 atom stereocenters. The van der Waals surface area contributed by atoms with Gasteiger partial charge in [-0.25, -0.2) is 8.42 Å². The van der Waals surface area contributed by atoms with Crippen molar-refractivity contribution < 1.29 is 23.1 Å². The maximum absolute atomic E-state index is 13.5. The summed E-state index contributed by atoms with van der Waals surface area (Å²) in [6, 6.07) is 23.1. The highest BCUT2D eigenvalue weighted by Gasteiger charge is 2.33. The van der Waals surface area contributed by atoms with Crippen LogP contribution in [0, 0.1) is 5.92 Å². The smallest absolute Gasteiger partial charge is 0.258 e. The number of aliphatic hydroxyl groups excluding tert-OH is 1. The summed E-state index contributed by atoms with van der Waals surface area (Å²) in [6.45, 7) is 5.39. The van der Waals surface area contributed by atoms with E-state index in [4.69, 9.17) is 4.74 Å². The minimum absolute atomic E-state index is 0.0205. The average molecular weight is 552 g/mol. The summed E-state index contributed by atoms with van der Waals surface area (Å²) in [7, 11) is -1.48. The summed E-state index contributed by atoms with van der Waals surface area (Å²) in [5.41, 5.74) is 4.08. The van der Waals surface area contributed by atoms with E-state index in [-0.39, 0.29) is 35.8 Å². The molecule has 3 aromatic carbocycles. The van der Waals surface area contributed by atoms with Crippen molar-refractivity contribution in [3.8, 4) is 16.9 Å². The first kappa shape index (κ1) is 28.6. The van der Waals surface area contributed by atoms with Crippen LogP contribution in [0.15, 0.2) is 72.8 Å². The topological polar surface area (TPSA) is 99.2 Å². The van der Waals surface area contributed by atoms with Gasteiger partial charge in [-0.05, 0) is 48.9 Å². The molecule has 3 aromatic rings. The second kappa shape index (κ2) is 12.2. The lowest BCUT2D eigenvalue weighted by Gasteiger charge is -2.38. The molecule has 0 aliphatic carbocycles. The van der Waals surface area contributed by atoms with Crippen LogP contribution in [0.1, 0.15) is 29.8 Å². The van der Waals surface area contributed by atoms with E-state index in [1.165, 1.54) is 22.8 Å². The van der Waals surface area contributed by atoms with Crippen molar-refractivity contribution >= 4 is 21.6 Å². The second-order valence-corrected chi connectivity index (χ2v) is 12.2. The molecule has 9 heteroatoms. The van der Waals surface area contributed by atoms with Crippen LogP contribution in [-0.4, -0.2) is 74.4 Å². The van der Waals surface area contributed by atoms with Crippen molar-refractivity contribution in [3.63, 3.8) is 0 Å². The van der Waals surface area contributed by atoms with Gasteiger partial charge < -0.3 is 14.7 Å². The largest absolute Gasteiger partial charge is 0.488 e. The SMILES string of the molecule is C[C@H](CO)N1C[C@H](C)[C@@H](CN(C)Cc2ccc(-c3ccccc3)cc2)Oc2ccc(NS(C)(=O)=O)cc2C1=O. The summed E-state index contributed by atoms with van der Waals surface area (Å²) in [5, 5.41) is 9.85. The van der Waals surface area contributed by atoms with Gasteiger partial charge in [0.15, 0.2) is 0 Å². The minimum Gasteiger partial charge on any atom is -0.488 e. The molecule has 1 aliphatic rings. The Labute approximate surface area is 231 Å². The van der Waals surface area contributed by atoms with Crippen LogP contribution >= 0.6 is 0 Å². The first-order chi connectivity index (χ1) is 18.5. The van der Waals surface area contributed by atoms with E-state index in [0.29, 0.717) is 18.8 Å². The van der Waals surface area contributed by atoms with Gasteiger partial charge in [-0.3, -0.25) is 14.4 Å². The molecule has 0 saturated carbocycles. The molecule has 39 heavy (non-hydrogen) atoms. The van der Waals surface area contributed by atoms with Gasteiger partial charge in [-0.2, -0.15) is 0 Å². The molecule has 1 amide bonds. The number of likely N-dealkylation sites (N-methyl/N-ethyl adjacent to an activating group) is 1. The molecule has 8 nitrogen and oxygen atoms in total. The minimum atomic E-state index is -3.52. The van der Waals surface area contributed by atoms with Crippen LogP contribution in [0.3, 0.4) is 0 Å². The number of nitrogens with one attached hydrogen (secondary N) is 1. The van der Waals surface area contributed by atoms with Crippen molar-refractivity contribution in [3.05, 3.63) is 83.9 Å². The Bertz CT molecular complexity index is 1380. The molecule has 0 fully saturated rings. The number of hydrogen-bond acceptors (Lipinski definition) is 6. The molecule has 1 aliphatic heterocycles. The Morgan fingerprint density at radius 3 is 2.38 bits per heavy atom. The van der Waals surface area contributed by atoms with Gasteiger partial charge in [0.1, 0.15) is 11.9 Å². The van der Waals surface area contributed by atoms with E-state index in [0.717, 1.165) is 12.8 Å². The average Bonchev–Trinajstić information content (AvgIpc) is 2.90. The highest BCUT2D eigenvalue weighted by atomic mass is 32.2. The third-order valence-electron chi connectivity index (χ3n) is 6.97. The number of aliphatic hydroxyl groups is 1. The van der Waals surface area contributed by atoms with Gasteiger partial charge in [-0.15, -0.1) is 0 Å². The van der Waals surface area contributed by atoms with E-state index in [9.17, 15) is 18.3 Å². The maximum Gasteiger partial charge on any atom is 0.258 e. The van der Waals surface area contributed by atoms with Crippen LogP contribution in [0.4, 0.5) is 5.69 Å². The van der Waals surface area contributed by atoms with E-state index >= 15 is 0 Å². The molecule has 1 heterocycles. The van der Waals surface area contributed by atoms with Gasteiger partial charge in [0.25, 0.3) is 5.91 Å². The highest BCUT2D eigenvalue weighted by Crippen LogP contribution is 2.31. The number of hydrogen-bond donors (Lipinski definition) is 2. The number of anilines is 1. The molecule has 0 unspecified atom stereocenters. The molecule has 0 radical (unpaired) electrons. The van der Waals surface area contributed by atoms with Gasteiger partial charge in [0.05, 0.1) is 24.5 Å². The van der Waals surface area contributed by atoms with Crippen LogP contribution in [-0.2, 0) is 16.6 Å². The van der Waals surface area contributed by atoms with E-state index in [1.54, 1.807) is 24.0 Å². The fourth-order valence-electron chi connectivity index (χ4n) is 4.83. The molecule has 0 saturated heterocycles. The molecule has 0 aromatic heterocycles. The number of fused-ring (bicyclic) bond motifs is 1. The summed E-state index contributed by atoms with van der Waals surface area (Å²) in [4.78, 5) is 17.3. The Balaban J connectivity index is 1.54. The lowest BCUT2D eigenvalue weighted by Crippen LogP contribution is -2.49. The zero-order valence-corrected chi connectivity index (χ0v) is 23.7. The van der Waals surface area contributed by atoms with E-state index in [1.807, 2.05) is 32.2 Å². The number of ether oxygens (including phenoxy) is 1. The van der Waals surface area contributed by atoms with Crippen LogP contribution in [0.5, 0.6) is 5.75 Å². The van der Waals surface area contributed by atoms with Crippen LogP contribution in [0.25, 0.3) is 11.1 Å². The van der Waals surface area contributed by atoms with Gasteiger partial charge >= 0.3 is 0 Å². The first-order valence-electron chi connectivity index (χ1n) is 13.1. The van der Waals surface area contributed by atoms with Gasteiger partial charge in [0, 0.05) is 31.2 Å². The number of benzene rings is 3. The Kier molecular flexibility index (Phi) is 8.94. The summed E-state index contributed by atoms with van der Waals surface area (Å²) in [5.74, 6) is 0.0695. The number of rotatable bonds is 9. The zero-order chi connectivity index (χ0) is 28.2. The highest BCUT2D eigenvalue weighted by molar-refractivity contribution is 7.92. The molecule has 0 bridgehead atoms. The number of nitrogens with zero attached hydrogens (tertiary/aromatic N) is 2. The number of carbonyl (C=O) groups is 1. The van der Waals surface area contributed by atoms with Gasteiger partial charge in [-0.1, -0.05) is 61.5 Å². The van der Waals surface area contributed by atoms with Crippen molar-refractivity contribution in [2.24, 2.45) is 5.92 Å². The van der Waals surface area contributed by atoms with Crippen LogP contribution in [0.2, 0.25) is 0 Å². The van der Waals surface area contributed by atoms with Crippen molar-refractivity contribution in [2.45, 2.75) is 32.5 Å². The fourth-order valence-corrected chi connectivity index (χ4v) is 5.39. The maximum atomic E-state index is 13.5. The first-order valence-corrected chi connectivity index (χ1v) is 15.0. The molecular weight excluding hydrogens is 514 g/mol. The van der Waals surface area contributed by atoms with Gasteiger partial charge in [0.2, 0.25) is 10.0 Å². The lowest BCUT2D eigenvalue weighted by molar-refractivity contribution is 0.0341. The summed E-state index contributed by atoms with van der Waals surface area (Å²) >= 11 is 0. The Morgan fingerprint density at radius 2 is 1.74 bits per heavy atom. The third kappa shape index (κ3) is 7.38.